The summed E-state index contributed by atoms with van der Waals surface area (Å²) in [5, 5.41) is 3.80. The lowest BCUT2D eigenvalue weighted by atomic mass is 10.2. The Morgan fingerprint density at radius 1 is 1.00 bits per heavy atom. The molecule has 0 aliphatic carbocycles. The third-order valence-corrected chi connectivity index (χ3v) is 6.13. The summed E-state index contributed by atoms with van der Waals surface area (Å²) in [6.45, 7) is -0.0500. The number of nitrogens with zero attached hydrogens (tertiary/aromatic N) is 3. The van der Waals surface area contributed by atoms with Crippen LogP contribution in [0.25, 0.3) is 31.8 Å². The van der Waals surface area contributed by atoms with Crippen LogP contribution in [0.5, 0.6) is 0 Å². The molecule has 0 aliphatic heterocycles. The van der Waals surface area contributed by atoms with E-state index in [9.17, 15) is 9.59 Å². The molecule has 148 valence electrons. The summed E-state index contributed by atoms with van der Waals surface area (Å²) < 4.78 is 4.16. The summed E-state index contributed by atoms with van der Waals surface area (Å²) in [4.78, 5) is 29.9. The minimum absolute atomic E-state index is 0.0500. The van der Waals surface area contributed by atoms with E-state index in [0.717, 1.165) is 31.8 Å². The number of imidazole rings is 1. The molecule has 0 radical (unpaired) electrons. The van der Waals surface area contributed by atoms with Gasteiger partial charge in [0.2, 0.25) is 5.91 Å². The molecule has 2 aromatic heterocycles. The number of carbonyl (C=O) groups excluding carboxylic acids is 1. The molecule has 0 spiro atoms. The molecule has 30 heavy (non-hydrogen) atoms. The van der Waals surface area contributed by atoms with Crippen molar-refractivity contribution in [3.05, 3.63) is 83.3 Å². The first-order valence-corrected chi connectivity index (χ1v) is 10.3. The Balaban J connectivity index is 1.40. The van der Waals surface area contributed by atoms with Crippen molar-refractivity contribution in [3.63, 3.8) is 0 Å². The maximum absolute atomic E-state index is 12.7. The number of amides is 1. The van der Waals surface area contributed by atoms with Crippen LogP contribution in [0.2, 0.25) is 0 Å². The lowest BCUT2D eigenvalue weighted by Crippen LogP contribution is -2.28. The molecule has 5 aromatic rings. The first-order valence-electron chi connectivity index (χ1n) is 9.50. The predicted molar refractivity (Wildman–Crippen MR) is 121 cm³/mol. The number of para-hydroxylation sites is 3. The topological polar surface area (TPSA) is 68.9 Å². The molecule has 0 fully saturated rings. The van der Waals surface area contributed by atoms with Crippen molar-refractivity contribution >= 4 is 44.2 Å². The largest absolute Gasteiger partial charge is 0.329 e. The minimum atomic E-state index is -0.255. The van der Waals surface area contributed by atoms with Crippen LogP contribution in [0.3, 0.4) is 0 Å². The van der Waals surface area contributed by atoms with Gasteiger partial charge in [-0.25, -0.2) is 9.78 Å². The monoisotopic (exact) mass is 414 g/mol. The van der Waals surface area contributed by atoms with Gasteiger partial charge in [0.15, 0.2) is 0 Å². The normalized spacial score (nSPS) is 11.2. The van der Waals surface area contributed by atoms with Crippen LogP contribution in [0.4, 0.5) is 5.69 Å². The molecule has 5 rings (SSSR count). The second kappa shape index (κ2) is 7.27. The lowest BCUT2D eigenvalue weighted by Gasteiger charge is -2.07. The fourth-order valence-electron chi connectivity index (χ4n) is 3.59. The van der Waals surface area contributed by atoms with E-state index in [0.29, 0.717) is 5.69 Å². The zero-order chi connectivity index (χ0) is 20.7. The van der Waals surface area contributed by atoms with Gasteiger partial charge in [-0.05, 0) is 36.4 Å². The minimum Gasteiger partial charge on any atom is -0.325 e. The van der Waals surface area contributed by atoms with E-state index in [1.807, 2.05) is 72.8 Å². The zero-order valence-electron chi connectivity index (χ0n) is 16.2. The number of benzene rings is 3. The molecule has 0 unspecified atom stereocenters. The molecule has 3 aromatic carbocycles. The molecule has 0 saturated heterocycles. The van der Waals surface area contributed by atoms with E-state index in [1.165, 1.54) is 4.57 Å². The Hall–Kier alpha value is -3.71. The van der Waals surface area contributed by atoms with Gasteiger partial charge in [-0.1, -0.05) is 36.4 Å². The number of anilines is 1. The zero-order valence-corrected chi connectivity index (χ0v) is 17.0. The Morgan fingerprint density at radius 3 is 2.60 bits per heavy atom. The molecule has 2 heterocycles. The lowest BCUT2D eigenvalue weighted by molar-refractivity contribution is -0.116. The van der Waals surface area contributed by atoms with Gasteiger partial charge in [0.05, 0.1) is 21.3 Å². The van der Waals surface area contributed by atoms with Crippen LogP contribution >= 0.6 is 11.3 Å². The number of fused-ring (bicyclic) bond motifs is 2. The number of hydrogen-bond donors (Lipinski definition) is 1. The van der Waals surface area contributed by atoms with E-state index in [-0.39, 0.29) is 18.1 Å². The van der Waals surface area contributed by atoms with Crippen molar-refractivity contribution in [2.24, 2.45) is 7.05 Å². The third kappa shape index (κ3) is 3.19. The Kier molecular flexibility index (Phi) is 4.44. The first kappa shape index (κ1) is 18.3. The van der Waals surface area contributed by atoms with Crippen LogP contribution in [-0.2, 0) is 18.4 Å². The van der Waals surface area contributed by atoms with Crippen molar-refractivity contribution in [2.75, 3.05) is 5.32 Å². The fourth-order valence-corrected chi connectivity index (χ4v) is 4.55. The number of nitrogens with one attached hydrogen (secondary N) is 1. The molecule has 0 aliphatic rings. The number of hydrogen-bond acceptors (Lipinski definition) is 4. The molecule has 0 saturated carbocycles. The predicted octanol–water partition coefficient (Wildman–Crippen LogP) is 4.26. The van der Waals surface area contributed by atoms with Crippen molar-refractivity contribution in [2.45, 2.75) is 6.54 Å². The van der Waals surface area contributed by atoms with Gasteiger partial charge < -0.3 is 5.32 Å². The second-order valence-corrected chi connectivity index (χ2v) is 8.06. The molecule has 6 nitrogen and oxygen atoms in total. The van der Waals surface area contributed by atoms with Gasteiger partial charge in [0, 0.05) is 18.3 Å². The summed E-state index contributed by atoms with van der Waals surface area (Å²) in [6, 6.07) is 23.0. The van der Waals surface area contributed by atoms with Crippen LogP contribution in [-0.4, -0.2) is 20.0 Å². The maximum atomic E-state index is 12.7. The van der Waals surface area contributed by atoms with E-state index < -0.39 is 0 Å². The number of thiazole rings is 1. The fraction of sp³-hybridized carbons (Fsp3) is 0.0870. The average Bonchev–Trinajstić information content (AvgIpc) is 3.30. The van der Waals surface area contributed by atoms with Crippen LogP contribution < -0.4 is 11.0 Å². The van der Waals surface area contributed by atoms with Crippen molar-refractivity contribution < 1.29 is 4.79 Å². The highest BCUT2D eigenvalue weighted by molar-refractivity contribution is 7.21. The van der Waals surface area contributed by atoms with Crippen LogP contribution in [0.15, 0.2) is 77.6 Å². The number of aromatic nitrogens is 3. The van der Waals surface area contributed by atoms with E-state index in [1.54, 1.807) is 23.0 Å². The van der Waals surface area contributed by atoms with Crippen LogP contribution in [0.1, 0.15) is 0 Å². The van der Waals surface area contributed by atoms with Crippen molar-refractivity contribution in [1.82, 2.24) is 14.1 Å². The van der Waals surface area contributed by atoms with Gasteiger partial charge in [0.1, 0.15) is 11.6 Å². The number of carbonyl (C=O) groups is 1. The van der Waals surface area contributed by atoms with Gasteiger partial charge in [-0.15, -0.1) is 11.3 Å². The quantitative estimate of drug-likeness (QED) is 0.478. The SMILES string of the molecule is Cn1c(=O)n(CC(=O)Nc2cccc(-c3nc4ccccc4s3)c2)c2ccccc21. The summed E-state index contributed by atoms with van der Waals surface area (Å²) in [5.74, 6) is -0.255. The van der Waals surface area contributed by atoms with Crippen molar-refractivity contribution in [1.29, 1.82) is 0 Å². The van der Waals surface area contributed by atoms with E-state index >= 15 is 0 Å². The Bertz CT molecular complexity index is 1430. The second-order valence-electron chi connectivity index (χ2n) is 7.03. The molecule has 0 atom stereocenters. The summed E-state index contributed by atoms with van der Waals surface area (Å²) in [7, 11) is 1.71. The highest BCUT2D eigenvalue weighted by Gasteiger charge is 2.14. The Labute approximate surface area is 176 Å². The van der Waals surface area contributed by atoms with Crippen molar-refractivity contribution in [3.8, 4) is 10.6 Å². The summed E-state index contributed by atoms with van der Waals surface area (Å²) in [5.41, 5.74) is 3.90. The van der Waals surface area contributed by atoms with E-state index in [4.69, 9.17) is 0 Å². The molecule has 1 N–H and O–H groups in total. The molecule has 1 amide bonds. The summed E-state index contributed by atoms with van der Waals surface area (Å²) >= 11 is 1.61. The molecule has 0 bridgehead atoms. The smallest absolute Gasteiger partial charge is 0.325 e. The third-order valence-electron chi connectivity index (χ3n) is 5.04. The maximum Gasteiger partial charge on any atom is 0.329 e. The van der Waals surface area contributed by atoms with Gasteiger partial charge in [0.25, 0.3) is 0 Å². The molecular formula is C23H18N4O2S. The van der Waals surface area contributed by atoms with E-state index in [2.05, 4.69) is 10.3 Å². The number of rotatable bonds is 4. The highest BCUT2D eigenvalue weighted by atomic mass is 32.1. The molecular weight excluding hydrogens is 396 g/mol. The van der Waals surface area contributed by atoms with Gasteiger partial charge in [-0.3, -0.25) is 13.9 Å². The van der Waals surface area contributed by atoms with Gasteiger partial charge >= 0.3 is 5.69 Å². The number of aryl methyl sites for hydroxylation is 1. The first-order chi connectivity index (χ1) is 14.6. The van der Waals surface area contributed by atoms with Crippen LogP contribution in [0, 0.1) is 0 Å². The molecule has 7 heteroatoms. The summed E-state index contributed by atoms with van der Waals surface area (Å²) in [6.07, 6.45) is 0. The Morgan fingerprint density at radius 2 is 1.77 bits per heavy atom. The van der Waals surface area contributed by atoms with Gasteiger partial charge in [-0.2, -0.15) is 0 Å². The highest BCUT2D eigenvalue weighted by Crippen LogP contribution is 2.31. The standard InChI is InChI=1S/C23H18N4O2S/c1-26-18-10-3-4-11-19(18)27(23(26)29)14-21(28)24-16-8-6-7-15(13-16)22-25-17-9-2-5-12-20(17)30-22/h2-13H,14H2,1H3,(H,24,28). The average molecular weight is 414 g/mol.